The number of benzene rings is 2. The predicted octanol–water partition coefficient (Wildman–Crippen LogP) is 4.18. The van der Waals surface area contributed by atoms with E-state index in [0.717, 1.165) is 5.03 Å². The molecule has 0 unspecified atom stereocenters. The molecule has 1 aromatic heterocycles. The number of halogens is 2. The molecule has 0 fully saturated rings. The molecular formula is C22H17Cl2N2O5S-. The summed E-state index contributed by atoms with van der Waals surface area (Å²) in [6.07, 6.45) is 3.58. The van der Waals surface area contributed by atoms with Gasteiger partial charge < -0.3 is 24.7 Å². The van der Waals surface area contributed by atoms with Crippen molar-refractivity contribution >= 4 is 52.5 Å². The van der Waals surface area contributed by atoms with Crippen LogP contribution in [0.4, 0.5) is 5.69 Å². The highest BCUT2D eigenvalue weighted by Crippen LogP contribution is 2.26. The Hall–Kier alpha value is -2.94. The van der Waals surface area contributed by atoms with Gasteiger partial charge in [-0.05, 0) is 54.8 Å². The van der Waals surface area contributed by atoms with Gasteiger partial charge in [0.05, 0.1) is 22.2 Å². The van der Waals surface area contributed by atoms with Gasteiger partial charge >= 0.3 is 0 Å². The Morgan fingerprint density at radius 3 is 2.56 bits per heavy atom. The molecule has 0 spiro atoms. The second-order valence-corrected chi connectivity index (χ2v) is 7.92. The maximum Gasteiger partial charge on any atom is 0.257 e. The van der Waals surface area contributed by atoms with Crippen LogP contribution in [0, 0.1) is 0 Å². The molecule has 0 aliphatic heterocycles. The van der Waals surface area contributed by atoms with Crippen LogP contribution in [0.5, 0.6) is 11.5 Å². The van der Waals surface area contributed by atoms with Crippen LogP contribution in [-0.2, 0) is 0 Å². The molecule has 0 aliphatic carbocycles. The van der Waals surface area contributed by atoms with Crippen LogP contribution in [-0.4, -0.2) is 36.3 Å². The number of carboxylic acids is 1. The number of ether oxygens (including phenoxy) is 2. The summed E-state index contributed by atoms with van der Waals surface area (Å²) >= 11 is 13.3. The molecule has 0 saturated heterocycles. The molecule has 0 bridgehead atoms. The zero-order valence-electron chi connectivity index (χ0n) is 16.8. The molecular weight excluding hydrogens is 475 g/mol. The quantitative estimate of drug-likeness (QED) is 0.353. The van der Waals surface area contributed by atoms with Crippen molar-refractivity contribution in [1.29, 1.82) is 0 Å². The maximum atomic E-state index is 12.5. The summed E-state index contributed by atoms with van der Waals surface area (Å²) in [5.74, 6) is -1.13. The van der Waals surface area contributed by atoms with E-state index in [-0.39, 0.29) is 40.8 Å². The summed E-state index contributed by atoms with van der Waals surface area (Å²) < 4.78 is 11.2. The molecule has 0 radical (unpaired) electrons. The van der Waals surface area contributed by atoms with Crippen LogP contribution < -0.4 is 19.9 Å². The van der Waals surface area contributed by atoms with Crippen molar-refractivity contribution in [2.75, 3.05) is 24.8 Å². The van der Waals surface area contributed by atoms with Crippen LogP contribution in [0.1, 0.15) is 20.7 Å². The van der Waals surface area contributed by atoms with Gasteiger partial charge in [0.1, 0.15) is 24.0 Å². The van der Waals surface area contributed by atoms with E-state index >= 15 is 0 Å². The van der Waals surface area contributed by atoms with Crippen molar-refractivity contribution < 1.29 is 24.2 Å². The Kier molecular flexibility index (Phi) is 8.21. The van der Waals surface area contributed by atoms with Crippen molar-refractivity contribution in [1.82, 2.24) is 4.98 Å². The topological polar surface area (TPSA) is 101 Å². The highest BCUT2D eigenvalue weighted by molar-refractivity contribution is 7.98. The van der Waals surface area contributed by atoms with Gasteiger partial charge in [-0.1, -0.05) is 23.2 Å². The largest absolute Gasteiger partial charge is 0.545 e. The van der Waals surface area contributed by atoms with Gasteiger partial charge in [-0.3, -0.25) is 4.79 Å². The Morgan fingerprint density at radius 1 is 1.06 bits per heavy atom. The number of hydrogen-bond donors (Lipinski definition) is 1. The monoisotopic (exact) mass is 491 g/mol. The lowest BCUT2D eigenvalue weighted by atomic mass is 10.1. The number of aromatic carboxylic acids is 1. The number of carbonyl (C=O) groups excluding carboxylic acids is 2. The highest BCUT2D eigenvalue weighted by Gasteiger charge is 2.14. The van der Waals surface area contributed by atoms with Gasteiger partial charge in [-0.2, -0.15) is 0 Å². The normalized spacial score (nSPS) is 10.5. The van der Waals surface area contributed by atoms with Crippen molar-refractivity contribution in [3.63, 3.8) is 0 Å². The molecule has 1 N–H and O–H groups in total. The number of thioether (sulfide) groups is 1. The fourth-order valence-corrected chi connectivity index (χ4v) is 3.69. The van der Waals surface area contributed by atoms with Crippen LogP contribution in [0.25, 0.3) is 0 Å². The Balaban J connectivity index is 1.65. The molecule has 1 amide bonds. The fourth-order valence-electron chi connectivity index (χ4n) is 2.70. The van der Waals surface area contributed by atoms with E-state index in [1.165, 1.54) is 48.2 Å². The van der Waals surface area contributed by atoms with Gasteiger partial charge in [0.2, 0.25) is 0 Å². The minimum atomic E-state index is -1.47. The number of carbonyl (C=O) groups is 2. The van der Waals surface area contributed by atoms with E-state index < -0.39 is 11.9 Å². The van der Waals surface area contributed by atoms with Gasteiger partial charge in [-0.25, -0.2) is 4.98 Å². The molecule has 10 heteroatoms. The number of rotatable bonds is 9. The number of nitrogens with one attached hydrogen (secondary N) is 1. The van der Waals surface area contributed by atoms with Gasteiger partial charge in [-0.15, -0.1) is 11.8 Å². The number of nitrogens with zero attached hydrogens (tertiary/aromatic N) is 1. The number of pyridine rings is 1. The third kappa shape index (κ3) is 6.06. The van der Waals surface area contributed by atoms with Crippen LogP contribution in [0.15, 0.2) is 59.8 Å². The number of aromatic nitrogens is 1. The highest BCUT2D eigenvalue weighted by atomic mass is 35.5. The average molecular weight is 492 g/mol. The fraction of sp³-hybridized carbons (Fsp3) is 0.136. The number of anilines is 1. The van der Waals surface area contributed by atoms with E-state index in [9.17, 15) is 14.7 Å². The van der Waals surface area contributed by atoms with E-state index in [1.807, 2.05) is 6.26 Å². The Morgan fingerprint density at radius 2 is 1.84 bits per heavy atom. The lowest BCUT2D eigenvalue weighted by molar-refractivity contribution is -0.254. The first-order chi connectivity index (χ1) is 15.4. The molecule has 2 aromatic carbocycles. The first-order valence-electron chi connectivity index (χ1n) is 9.25. The summed E-state index contributed by atoms with van der Waals surface area (Å²) in [6, 6.07) is 12.2. The third-order valence-corrected chi connectivity index (χ3v) is 5.42. The second kappa shape index (κ2) is 11.1. The molecule has 0 atom stereocenters. The summed E-state index contributed by atoms with van der Waals surface area (Å²) in [6.45, 7) is 0.398. The van der Waals surface area contributed by atoms with Crippen LogP contribution in [0.3, 0.4) is 0 Å². The lowest BCUT2D eigenvalue weighted by Crippen LogP contribution is -2.25. The lowest BCUT2D eigenvalue weighted by Gasteiger charge is -2.15. The Bertz CT molecular complexity index is 1140. The number of amides is 1. The first-order valence-corrected chi connectivity index (χ1v) is 11.2. The molecule has 32 heavy (non-hydrogen) atoms. The van der Waals surface area contributed by atoms with Crippen molar-refractivity contribution in [3.05, 3.63) is 75.9 Å². The molecule has 3 rings (SSSR count). The van der Waals surface area contributed by atoms with E-state index in [2.05, 4.69) is 10.3 Å². The van der Waals surface area contributed by atoms with Gasteiger partial charge in [0.15, 0.2) is 5.75 Å². The Labute approximate surface area is 198 Å². The van der Waals surface area contributed by atoms with E-state index in [0.29, 0.717) is 10.8 Å². The minimum absolute atomic E-state index is 0.0459. The second-order valence-electron chi connectivity index (χ2n) is 6.28. The molecule has 166 valence electrons. The zero-order chi connectivity index (χ0) is 23.1. The van der Waals surface area contributed by atoms with E-state index in [4.69, 9.17) is 32.7 Å². The molecule has 1 heterocycles. The van der Waals surface area contributed by atoms with Crippen LogP contribution in [0.2, 0.25) is 10.0 Å². The SMILES string of the molecule is CSc1ncccc1OCCOc1ccc(NC(=O)c2ccc(Cl)cc2Cl)c(C(=O)[O-])c1. The summed E-state index contributed by atoms with van der Waals surface area (Å²) in [5.41, 5.74) is -0.0405. The van der Waals surface area contributed by atoms with Crippen molar-refractivity contribution in [2.24, 2.45) is 0 Å². The smallest absolute Gasteiger partial charge is 0.257 e. The van der Waals surface area contributed by atoms with Crippen LogP contribution >= 0.6 is 35.0 Å². The first kappa shape index (κ1) is 23.7. The summed E-state index contributed by atoms with van der Waals surface area (Å²) in [7, 11) is 0. The van der Waals surface area contributed by atoms with Gasteiger partial charge in [0.25, 0.3) is 5.91 Å². The standard InChI is InChI=1S/C22H18Cl2N2O5S/c1-32-21-19(3-2-8-25-21)31-10-9-30-14-5-7-18(16(12-14)22(28)29)26-20(27)15-6-4-13(23)11-17(15)24/h2-8,11-12H,9-10H2,1H3,(H,26,27)(H,28,29)/p-1. The minimum Gasteiger partial charge on any atom is -0.545 e. The third-order valence-electron chi connectivity index (χ3n) is 4.17. The molecule has 0 saturated carbocycles. The predicted molar refractivity (Wildman–Crippen MR) is 122 cm³/mol. The zero-order valence-corrected chi connectivity index (χ0v) is 19.1. The number of hydrogen-bond acceptors (Lipinski definition) is 7. The molecule has 7 nitrogen and oxygen atoms in total. The summed E-state index contributed by atoms with van der Waals surface area (Å²) in [4.78, 5) is 28.3. The molecule has 3 aromatic rings. The molecule has 0 aliphatic rings. The van der Waals surface area contributed by atoms with Gasteiger partial charge in [0, 0.05) is 16.8 Å². The van der Waals surface area contributed by atoms with Crippen molar-refractivity contribution in [2.45, 2.75) is 5.03 Å². The van der Waals surface area contributed by atoms with E-state index in [1.54, 1.807) is 18.3 Å². The number of carboxylic acid groups (broad SMARTS) is 1. The average Bonchev–Trinajstić information content (AvgIpc) is 2.77. The maximum absolute atomic E-state index is 12.5. The summed E-state index contributed by atoms with van der Waals surface area (Å²) in [5, 5.41) is 15.4. The van der Waals surface area contributed by atoms with Crippen molar-refractivity contribution in [3.8, 4) is 11.5 Å².